The van der Waals surface area contributed by atoms with Crippen molar-refractivity contribution >= 4 is 6.03 Å². The van der Waals surface area contributed by atoms with E-state index in [0.29, 0.717) is 19.6 Å². The standard InChI is InChI=1S/C21H24N2O3/c1-15-13-23(14-20(25-15)16-7-3-2-4-8-16)21(24)22-12-18-11-17-9-5-6-10-19(17)26-18/h2-10,15,18,20H,11-14H2,1H3,(H,22,24). The fourth-order valence-electron chi connectivity index (χ4n) is 3.65. The normalized spacial score (nSPS) is 24.7. The highest BCUT2D eigenvalue weighted by molar-refractivity contribution is 5.74. The van der Waals surface area contributed by atoms with Gasteiger partial charge in [0.2, 0.25) is 0 Å². The van der Waals surface area contributed by atoms with Crippen LogP contribution >= 0.6 is 0 Å². The van der Waals surface area contributed by atoms with Crippen molar-refractivity contribution < 1.29 is 14.3 Å². The second-order valence-electron chi connectivity index (χ2n) is 6.99. The molecule has 2 aliphatic rings. The maximum atomic E-state index is 12.7. The predicted molar refractivity (Wildman–Crippen MR) is 99.3 cm³/mol. The number of carbonyl (C=O) groups is 1. The van der Waals surface area contributed by atoms with Crippen LogP contribution in [-0.4, -0.2) is 42.8 Å². The number of benzene rings is 2. The molecule has 5 heteroatoms. The van der Waals surface area contributed by atoms with Gasteiger partial charge in [0.05, 0.1) is 19.2 Å². The highest BCUT2D eigenvalue weighted by Gasteiger charge is 2.30. The fourth-order valence-corrected chi connectivity index (χ4v) is 3.65. The van der Waals surface area contributed by atoms with Crippen molar-refractivity contribution in [3.8, 4) is 5.75 Å². The maximum absolute atomic E-state index is 12.7. The molecule has 0 bridgehead atoms. The molecule has 2 amide bonds. The summed E-state index contributed by atoms with van der Waals surface area (Å²) in [7, 11) is 0. The third-order valence-corrected chi connectivity index (χ3v) is 4.91. The molecule has 1 N–H and O–H groups in total. The smallest absolute Gasteiger partial charge is 0.317 e. The van der Waals surface area contributed by atoms with Gasteiger partial charge in [-0.25, -0.2) is 4.79 Å². The largest absolute Gasteiger partial charge is 0.488 e. The van der Waals surface area contributed by atoms with Gasteiger partial charge in [0.15, 0.2) is 0 Å². The first-order valence-electron chi connectivity index (χ1n) is 9.17. The van der Waals surface area contributed by atoms with Crippen LogP contribution in [0, 0.1) is 0 Å². The Morgan fingerprint density at radius 3 is 2.69 bits per heavy atom. The number of fused-ring (bicyclic) bond motifs is 1. The Balaban J connectivity index is 1.33. The van der Waals surface area contributed by atoms with Gasteiger partial charge in [-0.05, 0) is 24.1 Å². The molecule has 0 saturated carbocycles. The van der Waals surface area contributed by atoms with Crippen LogP contribution in [0.5, 0.6) is 5.75 Å². The van der Waals surface area contributed by atoms with Gasteiger partial charge in [0.1, 0.15) is 18.0 Å². The number of ether oxygens (including phenoxy) is 2. The summed E-state index contributed by atoms with van der Waals surface area (Å²) in [6, 6.07) is 18.1. The summed E-state index contributed by atoms with van der Waals surface area (Å²) in [5, 5.41) is 3.03. The van der Waals surface area contributed by atoms with Crippen molar-refractivity contribution in [3.05, 3.63) is 65.7 Å². The summed E-state index contributed by atoms with van der Waals surface area (Å²) in [4.78, 5) is 14.5. The van der Waals surface area contributed by atoms with Crippen molar-refractivity contribution in [2.24, 2.45) is 0 Å². The van der Waals surface area contributed by atoms with Crippen LogP contribution in [0.15, 0.2) is 54.6 Å². The van der Waals surface area contributed by atoms with Crippen LogP contribution in [-0.2, 0) is 11.2 Å². The molecule has 136 valence electrons. The van der Waals surface area contributed by atoms with E-state index in [9.17, 15) is 4.79 Å². The van der Waals surface area contributed by atoms with E-state index in [4.69, 9.17) is 9.47 Å². The lowest BCUT2D eigenvalue weighted by Gasteiger charge is -2.37. The molecule has 2 aliphatic heterocycles. The zero-order chi connectivity index (χ0) is 17.9. The van der Waals surface area contributed by atoms with Gasteiger partial charge in [-0.15, -0.1) is 0 Å². The first kappa shape index (κ1) is 16.9. The van der Waals surface area contributed by atoms with Crippen LogP contribution in [0.4, 0.5) is 4.79 Å². The minimum atomic E-state index is -0.0855. The summed E-state index contributed by atoms with van der Waals surface area (Å²) < 4.78 is 11.9. The fraction of sp³-hybridized carbons (Fsp3) is 0.381. The summed E-state index contributed by atoms with van der Waals surface area (Å²) >= 11 is 0. The molecule has 3 unspecified atom stereocenters. The monoisotopic (exact) mass is 352 g/mol. The molecule has 4 rings (SSSR count). The summed E-state index contributed by atoms with van der Waals surface area (Å²) in [6.45, 7) is 3.67. The summed E-state index contributed by atoms with van der Waals surface area (Å²) in [5.74, 6) is 0.927. The molecule has 0 spiro atoms. The Labute approximate surface area is 153 Å². The highest BCUT2D eigenvalue weighted by Crippen LogP contribution is 2.28. The quantitative estimate of drug-likeness (QED) is 0.923. The molecule has 1 fully saturated rings. The Hall–Kier alpha value is -2.53. The average Bonchev–Trinajstić information content (AvgIpc) is 3.09. The van der Waals surface area contributed by atoms with Crippen LogP contribution in [0.25, 0.3) is 0 Å². The lowest BCUT2D eigenvalue weighted by Crippen LogP contribution is -2.51. The second kappa shape index (κ2) is 7.38. The summed E-state index contributed by atoms with van der Waals surface area (Å²) in [6.07, 6.45) is 0.756. The van der Waals surface area contributed by atoms with Gasteiger partial charge in [-0.3, -0.25) is 0 Å². The molecule has 5 nitrogen and oxygen atoms in total. The molecule has 0 aliphatic carbocycles. The van der Waals surface area contributed by atoms with Crippen molar-refractivity contribution in [3.63, 3.8) is 0 Å². The van der Waals surface area contributed by atoms with Gasteiger partial charge < -0.3 is 19.7 Å². The molecule has 0 radical (unpaired) electrons. The zero-order valence-corrected chi connectivity index (χ0v) is 14.9. The van der Waals surface area contributed by atoms with E-state index in [1.54, 1.807) is 0 Å². The van der Waals surface area contributed by atoms with Crippen LogP contribution in [0.3, 0.4) is 0 Å². The van der Waals surface area contributed by atoms with Crippen molar-refractivity contribution in [2.45, 2.75) is 31.7 Å². The number of carbonyl (C=O) groups excluding carboxylic acids is 1. The van der Waals surface area contributed by atoms with Crippen molar-refractivity contribution in [1.29, 1.82) is 0 Å². The number of hydrogen-bond acceptors (Lipinski definition) is 3. The van der Waals surface area contributed by atoms with E-state index in [-0.39, 0.29) is 24.3 Å². The molecule has 0 aromatic heterocycles. The minimum absolute atomic E-state index is 0.000246. The molecule has 1 saturated heterocycles. The Morgan fingerprint density at radius 2 is 1.88 bits per heavy atom. The Kier molecular flexibility index (Phi) is 4.80. The van der Waals surface area contributed by atoms with E-state index < -0.39 is 0 Å². The average molecular weight is 352 g/mol. The van der Waals surface area contributed by atoms with Crippen LogP contribution in [0.1, 0.15) is 24.2 Å². The Morgan fingerprint density at radius 1 is 1.12 bits per heavy atom. The van der Waals surface area contributed by atoms with Gasteiger partial charge >= 0.3 is 6.03 Å². The molecule has 2 aromatic rings. The van der Waals surface area contributed by atoms with Crippen LogP contribution in [0.2, 0.25) is 0 Å². The zero-order valence-electron chi connectivity index (χ0n) is 14.9. The van der Waals surface area contributed by atoms with E-state index in [2.05, 4.69) is 11.4 Å². The third-order valence-electron chi connectivity index (χ3n) is 4.91. The molecule has 2 heterocycles. The molecule has 3 atom stereocenters. The molecule has 26 heavy (non-hydrogen) atoms. The van der Waals surface area contributed by atoms with Gasteiger partial charge in [0, 0.05) is 13.0 Å². The van der Waals surface area contributed by atoms with Gasteiger partial charge in [-0.2, -0.15) is 0 Å². The number of morpholine rings is 1. The lowest BCUT2D eigenvalue weighted by atomic mass is 10.1. The third kappa shape index (κ3) is 3.68. The highest BCUT2D eigenvalue weighted by atomic mass is 16.5. The predicted octanol–water partition coefficient (Wildman–Crippen LogP) is 3.16. The maximum Gasteiger partial charge on any atom is 0.317 e. The molecular weight excluding hydrogens is 328 g/mol. The topological polar surface area (TPSA) is 50.8 Å². The SMILES string of the molecule is CC1CN(C(=O)NCC2Cc3ccccc3O2)CC(c2ccccc2)O1. The number of para-hydroxylation sites is 1. The van der Waals surface area contributed by atoms with Crippen molar-refractivity contribution in [1.82, 2.24) is 10.2 Å². The van der Waals surface area contributed by atoms with Gasteiger partial charge in [-0.1, -0.05) is 48.5 Å². The first-order chi connectivity index (χ1) is 12.7. The van der Waals surface area contributed by atoms with Crippen molar-refractivity contribution in [2.75, 3.05) is 19.6 Å². The first-order valence-corrected chi connectivity index (χ1v) is 9.17. The number of nitrogens with one attached hydrogen (secondary N) is 1. The molecule has 2 aromatic carbocycles. The number of urea groups is 1. The van der Waals surface area contributed by atoms with E-state index in [0.717, 1.165) is 17.7 Å². The van der Waals surface area contributed by atoms with E-state index in [1.807, 2.05) is 60.4 Å². The van der Waals surface area contributed by atoms with Gasteiger partial charge in [0.25, 0.3) is 0 Å². The summed E-state index contributed by atoms with van der Waals surface area (Å²) in [5.41, 5.74) is 2.31. The van der Waals surface area contributed by atoms with E-state index >= 15 is 0 Å². The molecular formula is C21H24N2O3. The van der Waals surface area contributed by atoms with Crippen LogP contribution < -0.4 is 10.1 Å². The number of nitrogens with zero attached hydrogens (tertiary/aromatic N) is 1. The second-order valence-corrected chi connectivity index (χ2v) is 6.99. The Bertz CT molecular complexity index is 740. The number of hydrogen-bond donors (Lipinski definition) is 1. The minimum Gasteiger partial charge on any atom is -0.488 e. The number of rotatable bonds is 3. The number of amides is 2. The lowest BCUT2D eigenvalue weighted by molar-refractivity contribution is -0.0657. The van der Waals surface area contributed by atoms with E-state index in [1.165, 1.54) is 5.56 Å².